The van der Waals surface area contributed by atoms with E-state index in [9.17, 15) is 9.59 Å². The Morgan fingerprint density at radius 1 is 1.26 bits per heavy atom. The van der Waals surface area contributed by atoms with Crippen molar-refractivity contribution in [1.29, 1.82) is 0 Å². The molecule has 0 bridgehead atoms. The molecular formula is C20H29N3O4. The Labute approximate surface area is 160 Å². The predicted octanol–water partition coefficient (Wildman–Crippen LogP) is 3.03. The fourth-order valence-electron chi connectivity index (χ4n) is 3.72. The number of hydrogen-bond donors (Lipinski definition) is 0. The van der Waals surface area contributed by atoms with Crippen LogP contribution >= 0.6 is 0 Å². The fourth-order valence-corrected chi connectivity index (χ4v) is 3.72. The number of hydrogen-bond acceptors (Lipinski definition) is 5. The first kappa shape index (κ1) is 19.5. The lowest BCUT2D eigenvalue weighted by atomic mass is 9.71. The zero-order valence-electron chi connectivity index (χ0n) is 16.7. The van der Waals surface area contributed by atoms with E-state index in [4.69, 9.17) is 9.47 Å². The summed E-state index contributed by atoms with van der Waals surface area (Å²) in [6, 6.07) is 0. The number of likely N-dealkylation sites (tertiary alicyclic amines) is 1. The minimum Gasteiger partial charge on any atom is -0.465 e. The molecule has 27 heavy (non-hydrogen) atoms. The lowest BCUT2D eigenvalue weighted by Crippen LogP contribution is -2.45. The first-order valence-electron chi connectivity index (χ1n) is 9.59. The number of esters is 1. The predicted molar refractivity (Wildman–Crippen MR) is 101 cm³/mol. The number of amides is 1. The summed E-state index contributed by atoms with van der Waals surface area (Å²) in [4.78, 5) is 25.8. The van der Waals surface area contributed by atoms with Crippen LogP contribution in [0.1, 0.15) is 51.8 Å². The molecule has 0 saturated carbocycles. The van der Waals surface area contributed by atoms with Crippen molar-refractivity contribution in [2.75, 3.05) is 19.7 Å². The first-order chi connectivity index (χ1) is 12.7. The normalized spacial score (nSPS) is 18.3. The number of fused-ring (bicyclic) bond motifs is 1. The topological polar surface area (TPSA) is 73.7 Å². The summed E-state index contributed by atoms with van der Waals surface area (Å²) in [6.45, 7) is 9.32. The average molecular weight is 375 g/mol. The molecule has 0 unspecified atom stereocenters. The lowest BCUT2D eigenvalue weighted by Gasteiger charge is -2.41. The van der Waals surface area contributed by atoms with Crippen LogP contribution in [0.4, 0.5) is 4.79 Å². The molecule has 7 nitrogen and oxygen atoms in total. The van der Waals surface area contributed by atoms with Gasteiger partial charge in [-0.25, -0.2) is 4.79 Å². The number of allylic oxidation sites excluding steroid dienone is 1. The van der Waals surface area contributed by atoms with Crippen molar-refractivity contribution in [3.05, 3.63) is 23.5 Å². The van der Waals surface area contributed by atoms with Gasteiger partial charge in [0.25, 0.3) is 0 Å². The molecule has 1 aliphatic heterocycles. The van der Waals surface area contributed by atoms with Gasteiger partial charge in [0, 0.05) is 13.1 Å². The monoisotopic (exact) mass is 375 g/mol. The Bertz CT molecular complexity index is 737. The summed E-state index contributed by atoms with van der Waals surface area (Å²) in [5, 5.41) is 4.36. The van der Waals surface area contributed by atoms with Crippen LogP contribution in [0.25, 0.3) is 6.08 Å². The minimum absolute atomic E-state index is 0.0449. The average Bonchev–Trinajstić information content (AvgIpc) is 2.95. The van der Waals surface area contributed by atoms with Crippen LogP contribution in [0.2, 0.25) is 0 Å². The van der Waals surface area contributed by atoms with Crippen LogP contribution < -0.4 is 0 Å². The van der Waals surface area contributed by atoms with Gasteiger partial charge < -0.3 is 14.4 Å². The van der Waals surface area contributed by atoms with Crippen molar-refractivity contribution in [3.8, 4) is 0 Å². The minimum atomic E-state index is -0.473. The third-order valence-electron chi connectivity index (χ3n) is 5.09. The van der Waals surface area contributed by atoms with Gasteiger partial charge in [-0.2, -0.15) is 5.10 Å². The van der Waals surface area contributed by atoms with Gasteiger partial charge in [-0.3, -0.25) is 9.48 Å². The molecule has 0 N–H and O–H groups in total. The Kier molecular flexibility index (Phi) is 5.31. The lowest BCUT2D eigenvalue weighted by molar-refractivity contribution is -0.144. The molecule has 1 fully saturated rings. The first-order valence-corrected chi connectivity index (χ1v) is 9.59. The largest absolute Gasteiger partial charge is 0.465 e. The summed E-state index contributed by atoms with van der Waals surface area (Å²) >= 11 is 0. The number of carbonyl (C=O) groups excluding carboxylic acids is 2. The molecule has 0 atom stereocenters. The van der Waals surface area contributed by atoms with Gasteiger partial charge in [-0.1, -0.05) is 6.08 Å². The molecule has 1 amide bonds. The summed E-state index contributed by atoms with van der Waals surface area (Å²) in [5.41, 5.74) is 1.69. The Balaban J connectivity index is 1.62. The van der Waals surface area contributed by atoms with E-state index in [0.29, 0.717) is 19.7 Å². The molecule has 1 spiro atoms. The summed E-state index contributed by atoms with van der Waals surface area (Å²) < 4.78 is 12.2. The van der Waals surface area contributed by atoms with E-state index < -0.39 is 5.60 Å². The molecule has 1 saturated heterocycles. The number of nitrogens with zero attached hydrogens (tertiary/aromatic N) is 3. The second-order valence-corrected chi connectivity index (χ2v) is 8.36. The Morgan fingerprint density at radius 3 is 2.59 bits per heavy atom. The molecule has 148 valence electrons. The Hall–Kier alpha value is -2.31. The van der Waals surface area contributed by atoms with Crippen LogP contribution in [-0.2, 0) is 27.2 Å². The molecule has 1 aromatic heterocycles. The van der Waals surface area contributed by atoms with Crippen molar-refractivity contribution in [2.45, 2.75) is 59.1 Å². The summed E-state index contributed by atoms with van der Waals surface area (Å²) in [5.74, 6) is -0.275. The molecule has 0 aromatic carbocycles. The maximum atomic E-state index is 12.3. The van der Waals surface area contributed by atoms with E-state index in [1.165, 1.54) is 0 Å². The molecular weight excluding hydrogens is 346 g/mol. The molecule has 3 rings (SSSR count). The maximum absolute atomic E-state index is 12.3. The molecule has 1 aromatic rings. The molecule has 2 aliphatic rings. The highest BCUT2D eigenvalue weighted by Gasteiger charge is 2.38. The van der Waals surface area contributed by atoms with Crippen molar-refractivity contribution in [2.24, 2.45) is 5.41 Å². The quantitative estimate of drug-likeness (QED) is 0.759. The van der Waals surface area contributed by atoms with E-state index in [2.05, 4.69) is 17.3 Å². The van der Waals surface area contributed by atoms with Gasteiger partial charge in [-0.15, -0.1) is 0 Å². The van der Waals surface area contributed by atoms with Gasteiger partial charge in [0.15, 0.2) is 0 Å². The summed E-state index contributed by atoms with van der Waals surface area (Å²) in [7, 11) is 0. The molecule has 0 radical (unpaired) electrons. The molecule has 2 heterocycles. The van der Waals surface area contributed by atoms with E-state index >= 15 is 0 Å². The van der Waals surface area contributed by atoms with Crippen molar-refractivity contribution in [3.63, 3.8) is 0 Å². The number of aromatic nitrogens is 2. The van der Waals surface area contributed by atoms with Gasteiger partial charge in [0.05, 0.1) is 18.5 Å². The highest BCUT2D eigenvalue weighted by Crippen LogP contribution is 2.41. The van der Waals surface area contributed by atoms with E-state index in [1.54, 1.807) is 16.5 Å². The number of carbonyl (C=O) groups is 2. The van der Waals surface area contributed by atoms with Gasteiger partial charge in [0.1, 0.15) is 12.1 Å². The summed E-state index contributed by atoms with van der Waals surface area (Å²) in [6.07, 6.45) is 8.57. The molecule has 1 aliphatic carbocycles. The van der Waals surface area contributed by atoms with Crippen molar-refractivity contribution < 1.29 is 19.1 Å². The third kappa shape index (κ3) is 4.51. The van der Waals surface area contributed by atoms with E-state index in [0.717, 1.165) is 30.5 Å². The van der Waals surface area contributed by atoms with Crippen LogP contribution in [-0.4, -0.2) is 52.0 Å². The van der Waals surface area contributed by atoms with Gasteiger partial charge in [-0.05, 0) is 64.0 Å². The van der Waals surface area contributed by atoms with Crippen molar-refractivity contribution >= 4 is 18.1 Å². The smallest absolute Gasteiger partial charge is 0.410 e. The zero-order chi connectivity index (χ0) is 19.7. The highest BCUT2D eigenvalue weighted by molar-refractivity contribution is 5.70. The van der Waals surface area contributed by atoms with Crippen LogP contribution in [0.15, 0.2) is 12.3 Å². The van der Waals surface area contributed by atoms with Gasteiger partial charge >= 0.3 is 12.1 Å². The SMILES string of the molecule is CCOC(=O)Cn1ncc2c1C=CC1(CCN(C(=O)OC(C)(C)C)CC1)C2. The van der Waals surface area contributed by atoms with E-state index in [1.807, 2.05) is 27.0 Å². The maximum Gasteiger partial charge on any atom is 0.410 e. The number of piperidine rings is 1. The highest BCUT2D eigenvalue weighted by atomic mass is 16.6. The fraction of sp³-hybridized carbons (Fsp3) is 0.650. The van der Waals surface area contributed by atoms with Crippen molar-refractivity contribution in [1.82, 2.24) is 14.7 Å². The molecule has 7 heteroatoms. The zero-order valence-corrected chi connectivity index (χ0v) is 16.7. The van der Waals surface area contributed by atoms with Gasteiger partial charge in [0.2, 0.25) is 0 Å². The standard InChI is InChI=1S/C20H29N3O4/c1-5-26-17(24)14-23-16-6-7-20(12-15(16)13-21-23)8-10-22(11-9-20)18(25)27-19(2,3)4/h6-7,13H,5,8-12,14H2,1-4H3. The van der Waals surface area contributed by atoms with Crippen LogP contribution in [0.5, 0.6) is 0 Å². The Morgan fingerprint density at radius 2 is 1.96 bits per heavy atom. The third-order valence-corrected chi connectivity index (χ3v) is 5.09. The van der Waals surface area contributed by atoms with Crippen LogP contribution in [0.3, 0.4) is 0 Å². The van der Waals surface area contributed by atoms with E-state index in [-0.39, 0.29) is 24.0 Å². The second-order valence-electron chi connectivity index (χ2n) is 8.36. The van der Waals surface area contributed by atoms with Crippen LogP contribution in [0, 0.1) is 5.41 Å². The number of ether oxygens (including phenoxy) is 2. The second kappa shape index (κ2) is 7.37. The number of rotatable bonds is 3.